The lowest BCUT2D eigenvalue weighted by molar-refractivity contribution is -0.147. The highest BCUT2D eigenvalue weighted by molar-refractivity contribution is 7.98. The molecule has 5 atom stereocenters. The number of pyridine rings is 1. The number of nitrogens with zero attached hydrogens (tertiary/aromatic N) is 6. The van der Waals surface area contributed by atoms with Gasteiger partial charge in [-0.3, -0.25) is 28.7 Å². The van der Waals surface area contributed by atoms with Crippen LogP contribution in [-0.2, 0) is 48.0 Å². The van der Waals surface area contributed by atoms with Crippen LogP contribution in [-0.4, -0.2) is 130 Å². The standard InChI is InChI=1S/C46H64N8O7S2.CH4S/c1-11-53-39-17-16-32(22-35(39)36(21-28(4)29(5)61-31(7)55)42(53)34-15-14-18-47-41(34)30(6)59-9)38-26-62-40(49-38)23-37(45(57)54-20-13-12-19-48-54)50-44(56)43(27(2)3)63-51(8)46(58)52-24-33(25-52)60-10;1-2/h14-18,22,26-30,33,37,43,48H,11-13,19-21,23-25H2,1-10H3,(H,50,56);2H,1H3. The van der Waals surface area contributed by atoms with Crippen molar-refractivity contribution in [2.24, 2.45) is 11.8 Å². The molecule has 2 saturated heterocycles. The van der Waals surface area contributed by atoms with Crippen LogP contribution in [0.4, 0.5) is 4.79 Å². The number of nitrogens with one attached hydrogen (secondary N) is 2. The number of benzene rings is 1. The molecule has 18 heteroatoms. The minimum absolute atomic E-state index is 0.00380. The van der Waals surface area contributed by atoms with Gasteiger partial charge in [-0.25, -0.2) is 15.2 Å². The van der Waals surface area contributed by atoms with Crippen LogP contribution in [0.2, 0.25) is 0 Å². The Morgan fingerprint density at radius 2 is 1.80 bits per heavy atom. The molecule has 1 aromatic carbocycles. The van der Waals surface area contributed by atoms with Crippen molar-refractivity contribution in [3.63, 3.8) is 0 Å². The number of likely N-dealkylation sites (tertiary alicyclic amines) is 1. The first-order valence-electron chi connectivity index (χ1n) is 22.4. The summed E-state index contributed by atoms with van der Waals surface area (Å²) in [5, 5.41) is 7.83. The molecule has 2 aliphatic heterocycles. The van der Waals surface area contributed by atoms with Crippen molar-refractivity contribution < 1.29 is 33.4 Å². The fourth-order valence-electron chi connectivity index (χ4n) is 8.21. The van der Waals surface area contributed by atoms with Crippen LogP contribution in [0.25, 0.3) is 33.4 Å². The molecule has 2 fully saturated rings. The number of thiazole rings is 1. The predicted octanol–water partition coefficient (Wildman–Crippen LogP) is 7.44. The highest BCUT2D eigenvalue weighted by Crippen LogP contribution is 2.41. The third-order valence-electron chi connectivity index (χ3n) is 12.1. The van der Waals surface area contributed by atoms with E-state index in [1.54, 1.807) is 43.6 Å². The Morgan fingerprint density at radius 3 is 2.43 bits per heavy atom. The summed E-state index contributed by atoms with van der Waals surface area (Å²) < 4.78 is 20.6. The molecule has 0 saturated carbocycles. The Kier molecular flexibility index (Phi) is 19.1. The van der Waals surface area contributed by atoms with E-state index in [1.165, 1.54) is 34.5 Å². The number of esters is 1. The van der Waals surface area contributed by atoms with Gasteiger partial charge in [0.2, 0.25) is 5.91 Å². The van der Waals surface area contributed by atoms with E-state index in [9.17, 15) is 19.2 Å². The molecule has 356 valence electrons. The zero-order valence-corrected chi connectivity index (χ0v) is 42.3. The molecule has 65 heavy (non-hydrogen) atoms. The highest BCUT2D eigenvalue weighted by Gasteiger charge is 2.37. The van der Waals surface area contributed by atoms with Crippen molar-refractivity contribution in [3.05, 3.63) is 58.2 Å². The first-order chi connectivity index (χ1) is 31.1. The second-order valence-corrected chi connectivity index (χ2v) is 19.1. The summed E-state index contributed by atoms with van der Waals surface area (Å²) in [7, 11) is 4.99. The lowest BCUT2D eigenvalue weighted by atomic mass is 9.91. The van der Waals surface area contributed by atoms with Gasteiger partial charge in [-0.2, -0.15) is 12.6 Å². The summed E-state index contributed by atoms with van der Waals surface area (Å²) in [4.78, 5) is 65.0. The van der Waals surface area contributed by atoms with Crippen LogP contribution in [0.3, 0.4) is 0 Å². The molecule has 5 unspecified atom stereocenters. The minimum Gasteiger partial charge on any atom is -0.463 e. The average Bonchev–Trinajstić information content (AvgIpc) is 3.89. The molecule has 2 aliphatic rings. The molecule has 15 nitrogen and oxygen atoms in total. The van der Waals surface area contributed by atoms with Crippen LogP contribution < -0.4 is 10.7 Å². The van der Waals surface area contributed by atoms with Gasteiger partial charge in [-0.1, -0.05) is 26.8 Å². The van der Waals surface area contributed by atoms with Gasteiger partial charge in [0.25, 0.3) is 5.91 Å². The van der Waals surface area contributed by atoms with E-state index in [0.29, 0.717) is 44.2 Å². The number of carbonyl (C=O) groups is 4. The summed E-state index contributed by atoms with van der Waals surface area (Å²) in [6.45, 7) is 16.4. The molecule has 0 bridgehead atoms. The number of fused-ring (bicyclic) bond motifs is 1. The number of hydrogen-bond acceptors (Lipinski definition) is 13. The number of urea groups is 1. The third-order valence-corrected chi connectivity index (χ3v) is 14.4. The molecular weight excluding hydrogens is 885 g/mol. The Labute approximate surface area is 398 Å². The Bertz CT molecular complexity index is 2240. The van der Waals surface area contributed by atoms with E-state index in [4.69, 9.17) is 24.2 Å². The molecule has 0 aliphatic carbocycles. The van der Waals surface area contributed by atoms with Crippen LogP contribution >= 0.6 is 35.9 Å². The van der Waals surface area contributed by atoms with Crippen molar-refractivity contribution in [1.29, 1.82) is 0 Å². The van der Waals surface area contributed by atoms with Gasteiger partial charge in [0.15, 0.2) is 0 Å². The van der Waals surface area contributed by atoms with Gasteiger partial charge in [-0.05, 0) is 99.9 Å². The fraction of sp³-hybridized carbons (Fsp3) is 0.574. The van der Waals surface area contributed by atoms with Crippen LogP contribution in [0.5, 0.6) is 0 Å². The zero-order chi connectivity index (χ0) is 47.5. The second kappa shape index (κ2) is 24.0. The van der Waals surface area contributed by atoms with Crippen LogP contribution in [0.1, 0.15) is 83.7 Å². The Balaban J connectivity index is 0.00000391. The fourth-order valence-corrected chi connectivity index (χ4v) is 10.0. The van der Waals surface area contributed by atoms with Crippen molar-refractivity contribution in [2.45, 2.75) is 110 Å². The van der Waals surface area contributed by atoms with Gasteiger partial charge < -0.3 is 29.0 Å². The Hall–Kier alpha value is -4.20. The van der Waals surface area contributed by atoms with E-state index < -0.39 is 11.3 Å². The summed E-state index contributed by atoms with van der Waals surface area (Å²) in [5.74, 6) is -0.989. The summed E-state index contributed by atoms with van der Waals surface area (Å²) in [6, 6.07) is 9.36. The van der Waals surface area contributed by atoms with E-state index in [-0.39, 0.29) is 60.4 Å². The summed E-state index contributed by atoms with van der Waals surface area (Å²) >= 11 is 6.15. The number of hydrazine groups is 1. The summed E-state index contributed by atoms with van der Waals surface area (Å²) in [6.07, 6.45) is 5.59. The number of aromatic nitrogens is 3. The first kappa shape index (κ1) is 51.8. The number of thiol groups is 1. The number of ether oxygens (including phenoxy) is 3. The number of carbonyl (C=O) groups excluding carboxylic acids is 4. The van der Waals surface area contributed by atoms with Crippen molar-refractivity contribution in [2.75, 3.05) is 53.7 Å². The van der Waals surface area contributed by atoms with Gasteiger partial charge >= 0.3 is 12.0 Å². The minimum atomic E-state index is -0.887. The number of hydrogen-bond donors (Lipinski definition) is 3. The molecule has 0 spiro atoms. The zero-order valence-electron chi connectivity index (χ0n) is 39.8. The second-order valence-electron chi connectivity index (χ2n) is 16.9. The maximum Gasteiger partial charge on any atom is 0.329 e. The maximum atomic E-state index is 14.2. The Morgan fingerprint density at radius 1 is 1.06 bits per heavy atom. The molecule has 6 rings (SSSR count). The lowest BCUT2D eigenvalue weighted by Crippen LogP contribution is -2.58. The molecule has 3 aromatic heterocycles. The van der Waals surface area contributed by atoms with E-state index >= 15 is 0 Å². The third kappa shape index (κ3) is 12.4. The average molecular weight is 953 g/mol. The van der Waals surface area contributed by atoms with Crippen molar-refractivity contribution in [1.82, 2.24) is 39.5 Å². The van der Waals surface area contributed by atoms with Gasteiger partial charge in [0.05, 0.1) is 47.4 Å². The van der Waals surface area contributed by atoms with E-state index in [1.807, 2.05) is 39.1 Å². The normalized spacial score (nSPS) is 16.5. The number of rotatable bonds is 18. The van der Waals surface area contributed by atoms with Gasteiger partial charge in [0, 0.05) is 87.9 Å². The maximum absolute atomic E-state index is 14.2. The van der Waals surface area contributed by atoms with Crippen LogP contribution in [0, 0.1) is 11.8 Å². The van der Waals surface area contributed by atoms with Gasteiger partial charge in [0.1, 0.15) is 17.4 Å². The number of methoxy groups -OCH3 is 2. The quantitative estimate of drug-likeness (QED) is 0.0517. The smallest absolute Gasteiger partial charge is 0.329 e. The van der Waals surface area contributed by atoms with Crippen LogP contribution in [0.15, 0.2) is 41.9 Å². The largest absolute Gasteiger partial charge is 0.463 e. The topological polar surface area (TPSA) is 160 Å². The number of aryl methyl sites for hydroxylation is 1. The monoisotopic (exact) mass is 952 g/mol. The number of amides is 4. The molecular formula is C47H68N8O7S3. The summed E-state index contributed by atoms with van der Waals surface area (Å²) in [5.41, 5.74) is 9.94. The lowest BCUT2D eigenvalue weighted by Gasteiger charge is -2.40. The molecule has 2 N–H and O–H groups in total. The van der Waals surface area contributed by atoms with E-state index in [0.717, 1.165) is 57.5 Å². The van der Waals surface area contributed by atoms with E-state index in [2.05, 4.69) is 66.1 Å². The van der Waals surface area contributed by atoms with Gasteiger partial charge in [-0.15, -0.1) is 11.3 Å². The molecule has 0 radical (unpaired) electrons. The first-order valence-corrected chi connectivity index (χ1v) is 25.0. The van der Waals surface area contributed by atoms with Crippen molar-refractivity contribution >= 4 is 70.6 Å². The molecule has 4 aromatic rings. The SMILES string of the molecule is CCn1c(-c2cccnc2C(C)OC)c(CC(C)C(C)OC(C)=O)c2cc(-c3csc(CC(NC(=O)C(SN(C)C(=O)N4CC(OC)C4)C(C)C)C(=O)N4CCCCN4)n3)ccc21.CS. The molecule has 5 heterocycles. The van der Waals surface area contributed by atoms with Crippen molar-refractivity contribution in [3.8, 4) is 22.5 Å². The molecule has 4 amide bonds. The highest BCUT2D eigenvalue weighted by atomic mass is 32.2. The predicted molar refractivity (Wildman–Crippen MR) is 263 cm³/mol.